The van der Waals surface area contributed by atoms with Crippen molar-refractivity contribution in [2.75, 3.05) is 6.26 Å². The standard InChI is InChI=1S/C8H8INO2S/c1-13-8-3-2-6(5-9)4-7(8)10(11)12/h2-4H,5H2,1H3. The van der Waals surface area contributed by atoms with E-state index in [0.29, 0.717) is 0 Å². The van der Waals surface area contributed by atoms with Crippen molar-refractivity contribution in [2.45, 2.75) is 9.32 Å². The molecule has 3 nitrogen and oxygen atoms in total. The van der Waals surface area contributed by atoms with Crippen LogP contribution >= 0.6 is 34.4 Å². The van der Waals surface area contributed by atoms with Gasteiger partial charge in [0.2, 0.25) is 0 Å². The van der Waals surface area contributed by atoms with Gasteiger partial charge in [-0.25, -0.2) is 0 Å². The molecule has 0 fully saturated rings. The second-order valence-electron chi connectivity index (χ2n) is 2.40. The Bertz CT molecular complexity index is 330. The molecule has 0 radical (unpaired) electrons. The Hall–Kier alpha value is -0.300. The van der Waals surface area contributed by atoms with Crippen LogP contribution in [0.1, 0.15) is 5.56 Å². The summed E-state index contributed by atoms with van der Waals surface area (Å²) in [6.07, 6.45) is 1.84. The molecule has 0 saturated carbocycles. The summed E-state index contributed by atoms with van der Waals surface area (Å²) in [6, 6.07) is 5.36. The lowest BCUT2D eigenvalue weighted by Gasteiger charge is -2.00. The molecule has 0 aliphatic rings. The van der Waals surface area contributed by atoms with Crippen LogP contribution in [-0.2, 0) is 4.43 Å². The molecule has 5 heteroatoms. The van der Waals surface area contributed by atoms with E-state index in [1.807, 2.05) is 12.3 Å². The average Bonchev–Trinajstić information content (AvgIpc) is 2.16. The molecule has 0 aliphatic carbocycles. The van der Waals surface area contributed by atoms with Crippen molar-refractivity contribution in [3.05, 3.63) is 33.9 Å². The molecule has 1 aromatic carbocycles. The van der Waals surface area contributed by atoms with E-state index < -0.39 is 0 Å². The topological polar surface area (TPSA) is 43.1 Å². The molecule has 13 heavy (non-hydrogen) atoms. The number of nitro groups is 1. The van der Waals surface area contributed by atoms with Gasteiger partial charge in [-0.05, 0) is 17.9 Å². The van der Waals surface area contributed by atoms with E-state index >= 15 is 0 Å². The Morgan fingerprint density at radius 2 is 2.31 bits per heavy atom. The van der Waals surface area contributed by atoms with Gasteiger partial charge in [0.1, 0.15) is 0 Å². The lowest BCUT2D eigenvalue weighted by molar-refractivity contribution is -0.387. The summed E-state index contributed by atoms with van der Waals surface area (Å²) >= 11 is 3.59. The molecule has 0 heterocycles. The summed E-state index contributed by atoms with van der Waals surface area (Å²) in [5.74, 6) is 0. The highest BCUT2D eigenvalue weighted by molar-refractivity contribution is 14.1. The van der Waals surface area contributed by atoms with E-state index in [1.165, 1.54) is 11.8 Å². The Kier molecular flexibility index (Phi) is 3.98. The molecule has 0 amide bonds. The summed E-state index contributed by atoms with van der Waals surface area (Å²) in [5.41, 5.74) is 1.20. The minimum absolute atomic E-state index is 0.210. The first-order valence-corrected chi connectivity index (χ1v) is 6.31. The highest BCUT2D eigenvalue weighted by Gasteiger charge is 2.12. The van der Waals surface area contributed by atoms with Gasteiger partial charge >= 0.3 is 0 Å². The Balaban J connectivity index is 3.18. The maximum Gasteiger partial charge on any atom is 0.283 e. The van der Waals surface area contributed by atoms with Crippen molar-refractivity contribution in [1.29, 1.82) is 0 Å². The molecule has 70 valence electrons. The van der Waals surface area contributed by atoms with Crippen LogP contribution in [-0.4, -0.2) is 11.2 Å². The number of rotatable bonds is 3. The molecule has 0 atom stereocenters. The number of halogens is 1. The van der Waals surface area contributed by atoms with E-state index in [-0.39, 0.29) is 10.6 Å². The van der Waals surface area contributed by atoms with Crippen LogP contribution in [0.15, 0.2) is 23.1 Å². The van der Waals surface area contributed by atoms with Gasteiger partial charge in [0.15, 0.2) is 0 Å². The molecule has 0 aliphatic heterocycles. The zero-order valence-electron chi connectivity index (χ0n) is 6.99. The summed E-state index contributed by atoms with van der Waals surface area (Å²) in [5, 5.41) is 10.6. The quantitative estimate of drug-likeness (QED) is 0.283. The third-order valence-corrected chi connectivity index (χ3v) is 3.26. The minimum Gasteiger partial charge on any atom is -0.258 e. The van der Waals surface area contributed by atoms with Crippen molar-refractivity contribution in [3.8, 4) is 0 Å². The van der Waals surface area contributed by atoms with Crippen molar-refractivity contribution in [2.24, 2.45) is 0 Å². The van der Waals surface area contributed by atoms with E-state index in [9.17, 15) is 10.1 Å². The van der Waals surface area contributed by atoms with Crippen LogP contribution in [0.25, 0.3) is 0 Å². The van der Waals surface area contributed by atoms with Gasteiger partial charge in [-0.1, -0.05) is 28.7 Å². The van der Waals surface area contributed by atoms with Gasteiger partial charge in [-0.3, -0.25) is 10.1 Å². The number of benzene rings is 1. The van der Waals surface area contributed by atoms with Gasteiger partial charge in [0.25, 0.3) is 5.69 Å². The van der Waals surface area contributed by atoms with E-state index in [1.54, 1.807) is 12.1 Å². The van der Waals surface area contributed by atoms with Crippen LogP contribution < -0.4 is 0 Å². The zero-order chi connectivity index (χ0) is 9.84. The first-order chi connectivity index (χ1) is 6.19. The Labute approximate surface area is 94.2 Å². The molecule has 1 aromatic rings. The Morgan fingerprint density at radius 1 is 1.62 bits per heavy atom. The van der Waals surface area contributed by atoms with E-state index in [2.05, 4.69) is 22.6 Å². The lowest BCUT2D eigenvalue weighted by Crippen LogP contribution is -1.91. The second kappa shape index (κ2) is 4.80. The molecule has 1 rings (SSSR count). The fraction of sp³-hybridized carbons (Fsp3) is 0.250. The first-order valence-electron chi connectivity index (χ1n) is 3.56. The Morgan fingerprint density at radius 3 is 2.77 bits per heavy atom. The summed E-state index contributed by atoms with van der Waals surface area (Å²) < 4.78 is 0.799. The SMILES string of the molecule is CSc1ccc(CI)cc1[N+](=O)[O-]. The number of nitrogens with zero attached hydrogens (tertiary/aromatic N) is 1. The molecule has 0 saturated heterocycles. The van der Waals surface area contributed by atoms with Crippen LogP contribution in [0.3, 0.4) is 0 Å². The number of thioether (sulfide) groups is 1. The number of alkyl halides is 1. The van der Waals surface area contributed by atoms with Crippen molar-refractivity contribution >= 4 is 40.0 Å². The van der Waals surface area contributed by atoms with Crippen LogP contribution in [0.2, 0.25) is 0 Å². The lowest BCUT2D eigenvalue weighted by atomic mass is 10.2. The van der Waals surface area contributed by atoms with E-state index in [0.717, 1.165) is 14.9 Å². The maximum absolute atomic E-state index is 10.6. The predicted octanol–water partition coefficient (Wildman–Crippen LogP) is 3.25. The third kappa shape index (κ3) is 2.57. The first kappa shape index (κ1) is 10.8. The van der Waals surface area contributed by atoms with Gasteiger partial charge < -0.3 is 0 Å². The fourth-order valence-electron chi connectivity index (χ4n) is 0.961. The van der Waals surface area contributed by atoms with Gasteiger partial charge in [-0.2, -0.15) is 0 Å². The van der Waals surface area contributed by atoms with Gasteiger partial charge in [-0.15, -0.1) is 11.8 Å². The van der Waals surface area contributed by atoms with Gasteiger partial charge in [0, 0.05) is 10.5 Å². The molecule has 0 bridgehead atoms. The summed E-state index contributed by atoms with van der Waals surface area (Å²) in [6.45, 7) is 0. The highest BCUT2D eigenvalue weighted by atomic mass is 127. The smallest absolute Gasteiger partial charge is 0.258 e. The van der Waals surface area contributed by atoms with Crippen molar-refractivity contribution < 1.29 is 4.92 Å². The zero-order valence-corrected chi connectivity index (χ0v) is 9.96. The fourth-order valence-corrected chi connectivity index (χ4v) is 1.98. The van der Waals surface area contributed by atoms with Crippen LogP contribution in [0.4, 0.5) is 5.69 Å². The van der Waals surface area contributed by atoms with E-state index in [4.69, 9.17) is 0 Å². The molecule has 0 spiro atoms. The van der Waals surface area contributed by atoms with Crippen molar-refractivity contribution in [1.82, 2.24) is 0 Å². The van der Waals surface area contributed by atoms with Crippen LogP contribution in [0.5, 0.6) is 0 Å². The average molecular weight is 309 g/mol. The summed E-state index contributed by atoms with van der Waals surface area (Å²) in [7, 11) is 0. The molecular weight excluding hydrogens is 301 g/mol. The van der Waals surface area contributed by atoms with Gasteiger partial charge in [0.05, 0.1) is 9.82 Å². The number of nitro benzene ring substituents is 1. The third-order valence-electron chi connectivity index (χ3n) is 1.59. The monoisotopic (exact) mass is 309 g/mol. The predicted molar refractivity (Wildman–Crippen MR) is 62.6 cm³/mol. The normalized spacial score (nSPS) is 10.0. The summed E-state index contributed by atoms with van der Waals surface area (Å²) in [4.78, 5) is 11.0. The molecule has 0 unspecified atom stereocenters. The minimum atomic E-state index is -0.332. The molecular formula is C8H8INO2S. The molecule has 0 aromatic heterocycles. The maximum atomic E-state index is 10.6. The number of hydrogen-bond acceptors (Lipinski definition) is 3. The van der Waals surface area contributed by atoms with Crippen molar-refractivity contribution in [3.63, 3.8) is 0 Å². The van der Waals surface area contributed by atoms with Crippen LogP contribution in [0, 0.1) is 10.1 Å². The second-order valence-corrected chi connectivity index (χ2v) is 4.01. The molecule has 0 N–H and O–H groups in total. The largest absolute Gasteiger partial charge is 0.283 e. The number of hydrogen-bond donors (Lipinski definition) is 0. The highest BCUT2D eigenvalue weighted by Crippen LogP contribution is 2.28.